The Kier molecular flexibility index (Phi) is 3.11. The number of halogens is 2. The Morgan fingerprint density at radius 3 is 2.85 bits per heavy atom. The van der Waals surface area contributed by atoms with Crippen LogP contribution in [0.3, 0.4) is 0 Å². The number of nitrogens with one attached hydrogen (secondary N) is 1. The molecule has 0 spiro atoms. The first-order valence-electron chi connectivity index (χ1n) is 5.93. The number of aromatic nitrogens is 2. The Bertz CT molecular complexity index is 885. The van der Waals surface area contributed by atoms with E-state index < -0.39 is 5.82 Å². The van der Waals surface area contributed by atoms with Gasteiger partial charge in [0.25, 0.3) is 5.56 Å². The van der Waals surface area contributed by atoms with Crippen molar-refractivity contribution < 1.29 is 4.39 Å². The molecule has 0 amide bonds. The number of hydrogen-bond acceptors (Lipinski definition) is 3. The Morgan fingerprint density at radius 1 is 1.35 bits per heavy atom. The summed E-state index contributed by atoms with van der Waals surface area (Å²) in [6.45, 7) is 3.51. The number of thiophene rings is 1. The summed E-state index contributed by atoms with van der Waals surface area (Å²) in [7, 11) is 0. The monoisotopic (exact) mass is 308 g/mol. The van der Waals surface area contributed by atoms with Crippen molar-refractivity contribution in [3.63, 3.8) is 0 Å². The minimum atomic E-state index is -0.475. The van der Waals surface area contributed by atoms with Crippen molar-refractivity contribution in [1.82, 2.24) is 9.97 Å². The molecule has 0 aliphatic rings. The number of H-pyrrole nitrogens is 1. The maximum atomic E-state index is 14.1. The van der Waals surface area contributed by atoms with Crippen LogP contribution in [-0.2, 0) is 0 Å². The highest BCUT2D eigenvalue weighted by Gasteiger charge is 2.18. The normalized spacial score (nSPS) is 11.2. The molecule has 0 aliphatic heterocycles. The van der Waals surface area contributed by atoms with Crippen molar-refractivity contribution in [3.8, 4) is 10.4 Å². The number of rotatable bonds is 1. The van der Waals surface area contributed by atoms with Gasteiger partial charge in [-0.1, -0.05) is 23.7 Å². The first kappa shape index (κ1) is 13.3. The molecule has 0 radical (unpaired) electrons. The lowest BCUT2D eigenvalue weighted by Crippen LogP contribution is -2.08. The summed E-state index contributed by atoms with van der Waals surface area (Å²) < 4.78 is 14.1. The van der Waals surface area contributed by atoms with Crippen LogP contribution in [0.15, 0.2) is 23.0 Å². The van der Waals surface area contributed by atoms with Gasteiger partial charge >= 0.3 is 0 Å². The summed E-state index contributed by atoms with van der Waals surface area (Å²) in [6, 6.07) is 4.84. The van der Waals surface area contributed by atoms with Crippen molar-refractivity contribution in [3.05, 3.63) is 50.8 Å². The van der Waals surface area contributed by atoms with Crippen LogP contribution >= 0.6 is 22.9 Å². The highest BCUT2D eigenvalue weighted by atomic mass is 35.5. The molecule has 3 rings (SSSR count). The molecule has 102 valence electrons. The summed E-state index contributed by atoms with van der Waals surface area (Å²) in [4.78, 5) is 20.3. The molecule has 0 atom stereocenters. The zero-order valence-electron chi connectivity index (χ0n) is 10.8. The van der Waals surface area contributed by atoms with Crippen molar-refractivity contribution in [2.45, 2.75) is 13.8 Å². The van der Waals surface area contributed by atoms with E-state index in [2.05, 4.69) is 9.97 Å². The van der Waals surface area contributed by atoms with Crippen LogP contribution in [0.4, 0.5) is 4.39 Å². The molecule has 3 nitrogen and oxygen atoms in total. The lowest BCUT2D eigenvalue weighted by Gasteiger charge is -2.03. The first-order valence-corrected chi connectivity index (χ1v) is 7.13. The molecule has 0 saturated carbocycles. The molecule has 2 aromatic heterocycles. The second-order valence-electron chi connectivity index (χ2n) is 4.49. The predicted octanol–water partition coefficient (Wildman–Crippen LogP) is 4.06. The van der Waals surface area contributed by atoms with Gasteiger partial charge in [0.1, 0.15) is 16.5 Å². The third-order valence-electron chi connectivity index (χ3n) is 3.12. The van der Waals surface area contributed by atoms with Crippen molar-refractivity contribution in [2.24, 2.45) is 0 Å². The molecule has 0 fully saturated rings. The number of aromatic amines is 1. The third-order valence-corrected chi connectivity index (χ3v) is 4.63. The van der Waals surface area contributed by atoms with Crippen LogP contribution in [0.1, 0.15) is 11.4 Å². The summed E-state index contributed by atoms with van der Waals surface area (Å²) in [5.74, 6) is 0.0684. The SMILES string of the molecule is Cc1nc2sc(-c3cccc(Cl)c3F)c(C)c2c(=O)[nH]1. The molecule has 1 N–H and O–H groups in total. The molecule has 0 bridgehead atoms. The average molecular weight is 309 g/mol. The van der Waals surface area contributed by atoms with Gasteiger partial charge in [0.2, 0.25) is 0 Å². The Labute approximate surface area is 123 Å². The van der Waals surface area contributed by atoms with Crippen molar-refractivity contribution >= 4 is 33.2 Å². The standard InChI is InChI=1S/C14H10ClFN2OS/c1-6-10-13(19)17-7(2)18-14(10)20-12(6)8-4-3-5-9(15)11(8)16/h3-5H,1-2H3,(H,17,18,19). The van der Waals surface area contributed by atoms with E-state index >= 15 is 0 Å². The number of aryl methyl sites for hydroxylation is 2. The molecular formula is C14H10ClFN2OS. The van der Waals surface area contributed by atoms with E-state index in [9.17, 15) is 9.18 Å². The van der Waals surface area contributed by atoms with E-state index in [1.54, 1.807) is 26.0 Å². The molecule has 0 aliphatic carbocycles. The highest BCUT2D eigenvalue weighted by Crippen LogP contribution is 2.38. The predicted molar refractivity (Wildman–Crippen MR) is 80.1 cm³/mol. The van der Waals surface area contributed by atoms with E-state index in [-0.39, 0.29) is 10.6 Å². The largest absolute Gasteiger partial charge is 0.310 e. The fraction of sp³-hybridized carbons (Fsp3) is 0.143. The molecule has 6 heteroatoms. The smallest absolute Gasteiger partial charge is 0.259 e. The summed E-state index contributed by atoms with van der Waals surface area (Å²) in [5, 5.41) is 0.576. The second kappa shape index (κ2) is 4.68. The maximum Gasteiger partial charge on any atom is 0.259 e. The number of fused-ring (bicyclic) bond motifs is 1. The summed E-state index contributed by atoms with van der Waals surface area (Å²) in [5.41, 5.74) is 0.921. The van der Waals surface area contributed by atoms with Gasteiger partial charge in [-0.15, -0.1) is 11.3 Å². The molecule has 1 aromatic carbocycles. The number of nitrogens with zero attached hydrogens (tertiary/aromatic N) is 1. The second-order valence-corrected chi connectivity index (χ2v) is 5.90. The minimum absolute atomic E-state index is 0.0670. The molecule has 0 saturated heterocycles. The number of benzene rings is 1. The van der Waals surface area contributed by atoms with E-state index in [4.69, 9.17) is 11.6 Å². The van der Waals surface area contributed by atoms with E-state index in [1.807, 2.05) is 0 Å². The fourth-order valence-corrected chi connectivity index (χ4v) is 3.61. The lowest BCUT2D eigenvalue weighted by molar-refractivity contribution is 0.632. The Balaban J connectivity index is 2.38. The van der Waals surface area contributed by atoms with E-state index in [0.29, 0.717) is 26.5 Å². The minimum Gasteiger partial charge on any atom is -0.310 e. The van der Waals surface area contributed by atoms with Crippen LogP contribution in [0, 0.1) is 19.7 Å². The molecular weight excluding hydrogens is 299 g/mol. The van der Waals surface area contributed by atoms with E-state index in [0.717, 1.165) is 5.56 Å². The Hall–Kier alpha value is -1.72. The van der Waals surface area contributed by atoms with Crippen LogP contribution in [0.25, 0.3) is 20.7 Å². The van der Waals surface area contributed by atoms with Gasteiger partial charge < -0.3 is 4.98 Å². The van der Waals surface area contributed by atoms with Gasteiger partial charge in [-0.25, -0.2) is 9.37 Å². The van der Waals surface area contributed by atoms with Crippen LogP contribution in [0.5, 0.6) is 0 Å². The van der Waals surface area contributed by atoms with Crippen LogP contribution in [0.2, 0.25) is 5.02 Å². The molecule has 3 aromatic rings. The van der Waals surface area contributed by atoms with Gasteiger partial charge in [0.15, 0.2) is 0 Å². The summed E-state index contributed by atoms with van der Waals surface area (Å²) in [6.07, 6.45) is 0. The van der Waals surface area contributed by atoms with E-state index in [1.165, 1.54) is 17.4 Å². The lowest BCUT2D eigenvalue weighted by atomic mass is 10.1. The fourth-order valence-electron chi connectivity index (χ4n) is 2.19. The van der Waals surface area contributed by atoms with Gasteiger partial charge in [-0.3, -0.25) is 4.79 Å². The highest BCUT2D eigenvalue weighted by molar-refractivity contribution is 7.22. The van der Waals surface area contributed by atoms with Gasteiger partial charge in [-0.2, -0.15) is 0 Å². The summed E-state index contributed by atoms with van der Waals surface area (Å²) >= 11 is 7.12. The van der Waals surface area contributed by atoms with Crippen molar-refractivity contribution in [2.75, 3.05) is 0 Å². The van der Waals surface area contributed by atoms with Crippen LogP contribution < -0.4 is 5.56 Å². The van der Waals surface area contributed by atoms with Crippen molar-refractivity contribution in [1.29, 1.82) is 0 Å². The average Bonchev–Trinajstić information content (AvgIpc) is 2.70. The van der Waals surface area contributed by atoms with Crippen LogP contribution in [-0.4, -0.2) is 9.97 Å². The molecule has 2 heterocycles. The van der Waals surface area contributed by atoms with Gasteiger partial charge in [-0.05, 0) is 25.5 Å². The topological polar surface area (TPSA) is 45.8 Å². The Morgan fingerprint density at radius 2 is 2.10 bits per heavy atom. The maximum absolute atomic E-state index is 14.1. The van der Waals surface area contributed by atoms with Gasteiger partial charge in [0.05, 0.1) is 10.4 Å². The molecule has 20 heavy (non-hydrogen) atoms. The van der Waals surface area contributed by atoms with Gasteiger partial charge in [0, 0.05) is 10.4 Å². The third kappa shape index (κ3) is 1.94. The number of hydrogen-bond donors (Lipinski definition) is 1. The zero-order valence-corrected chi connectivity index (χ0v) is 12.3. The zero-order chi connectivity index (χ0) is 14.4. The molecule has 0 unspecified atom stereocenters. The first-order chi connectivity index (χ1) is 9.49. The quantitative estimate of drug-likeness (QED) is 0.737.